The van der Waals surface area contributed by atoms with Crippen molar-refractivity contribution in [1.29, 1.82) is 0 Å². The Kier molecular flexibility index (Phi) is 5.23. The Hall–Kier alpha value is -1.28. The van der Waals surface area contributed by atoms with Crippen LogP contribution in [0.1, 0.15) is 25.8 Å². The van der Waals surface area contributed by atoms with Crippen molar-refractivity contribution in [3.8, 4) is 5.75 Å². The van der Waals surface area contributed by atoms with Crippen LogP contribution in [-0.4, -0.2) is 30.6 Å². The topological polar surface area (TPSA) is 23.5 Å². The summed E-state index contributed by atoms with van der Waals surface area (Å²) in [5.41, 5.74) is 2.44. The lowest BCUT2D eigenvalue weighted by atomic mass is 9.92. The van der Waals surface area contributed by atoms with Gasteiger partial charge in [0.1, 0.15) is 5.75 Å². The zero-order valence-corrected chi connectivity index (χ0v) is 11.3. The molecule has 0 aromatic heterocycles. The third-order valence-corrected chi connectivity index (χ3v) is 2.77. The van der Waals surface area contributed by atoms with Gasteiger partial charge in [-0.15, -0.1) is 0 Å². The predicted octanol–water partition coefficient (Wildman–Crippen LogP) is 3.38. The van der Waals surface area contributed by atoms with Gasteiger partial charge >= 0.3 is 0 Å². The number of aromatic hydroxyl groups is 1. The van der Waals surface area contributed by atoms with Gasteiger partial charge in [0.05, 0.1) is 0 Å². The van der Waals surface area contributed by atoms with Crippen LogP contribution < -0.4 is 0 Å². The monoisotopic (exact) mass is 233 g/mol. The van der Waals surface area contributed by atoms with Crippen LogP contribution in [0, 0.1) is 5.92 Å². The smallest absolute Gasteiger partial charge is 0.116 e. The molecule has 1 atom stereocenters. The Morgan fingerprint density at radius 2 is 2.12 bits per heavy atom. The first-order valence-corrected chi connectivity index (χ1v) is 6.18. The summed E-state index contributed by atoms with van der Waals surface area (Å²) in [6.45, 7) is 5.39. The summed E-state index contributed by atoms with van der Waals surface area (Å²) >= 11 is 0. The lowest BCUT2D eigenvalue weighted by Gasteiger charge is -2.20. The van der Waals surface area contributed by atoms with E-state index in [4.69, 9.17) is 0 Å². The lowest BCUT2D eigenvalue weighted by Crippen LogP contribution is -2.20. The molecule has 1 aromatic carbocycles. The number of hydrogen-bond acceptors (Lipinski definition) is 2. The van der Waals surface area contributed by atoms with Gasteiger partial charge < -0.3 is 10.0 Å². The maximum atomic E-state index is 9.56. The molecule has 2 nitrogen and oxygen atoms in total. The van der Waals surface area contributed by atoms with Crippen molar-refractivity contribution < 1.29 is 5.11 Å². The minimum atomic E-state index is 0.335. The van der Waals surface area contributed by atoms with E-state index in [2.05, 4.69) is 45.0 Å². The van der Waals surface area contributed by atoms with E-state index in [1.165, 1.54) is 5.57 Å². The molecule has 0 amide bonds. The van der Waals surface area contributed by atoms with E-state index in [9.17, 15) is 5.11 Å². The van der Waals surface area contributed by atoms with E-state index in [1.54, 1.807) is 6.07 Å². The van der Waals surface area contributed by atoms with Gasteiger partial charge in [0.15, 0.2) is 0 Å². The summed E-state index contributed by atoms with van der Waals surface area (Å²) in [5, 5.41) is 9.56. The van der Waals surface area contributed by atoms with E-state index in [1.807, 2.05) is 12.1 Å². The van der Waals surface area contributed by atoms with Gasteiger partial charge in [0, 0.05) is 6.54 Å². The molecule has 0 radical (unpaired) electrons. The second-order valence-corrected chi connectivity index (χ2v) is 4.78. The van der Waals surface area contributed by atoms with Crippen molar-refractivity contribution in [2.75, 3.05) is 20.6 Å². The molecule has 0 aliphatic carbocycles. The molecule has 0 heterocycles. The molecule has 17 heavy (non-hydrogen) atoms. The Morgan fingerprint density at radius 3 is 2.65 bits per heavy atom. The molecule has 0 spiro atoms. The van der Waals surface area contributed by atoms with E-state index >= 15 is 0 Å². The quantitative estimate of drug-likeness (QED) is 0.842. The highest BCUT2D eigenvalue weighted by molar-refractivity contribution is 5.68. The van der Waals surface area contributed by atoms with Gasteiger partial charge in [-0.3, -0.25) is 0 Å². The Labute approximate surface area is 105 Å². The van der Waals surface area contributed by atoms with Crippen LogP contribution in [0.5, 0.6) is 5.75 Å². The van der Waals surface area contributed by atoms with Crippen LogP contribution in [-0.2, 0) is 0 Å². The Bertz CT molecular complexity index is 382. The highest BCUT2D eigenvalue weighted by atomic mass is 16.3. The van der Waals surface area contributed by atoms with Crippen LogP contribution in [0.25, 0.3) is 5.57 Å². The molecule has 0 aliphatic rings. The van der Waals surface area contributed by atoms with Gasteiger partial charge in [-0.05, 0) is 49.7 Å². The Morgan fingerprint density at radius 1 is 1.41 bits per heavy atom. The molecule has 1 aromatic rings. The van der Waals surface area contributed by atoms with Crippen molar-refractivity contribution in [2.24, 2.45) is 5.92 Å². The van der Waals surface area contributed by atoms with Crippen LogP contribution in [0.3, 0.4) is 0 Å². The molecule has 1 rings (SSSR count). The zero-order valence-electron chi connectivity index (χ0n) is 11.3. The van der Waals surface area contributed by atoms with Crippen LogP contribution in [0.15, 0.2) is 30.3 Å². The summed E-state index contributed by atoms with van der Waals surface area (Å²) in [4.78, 5) is 2.19. The number of allylic oxidation sites excluding steroid dienone is 1. The maximum absolute atomic E-state index is 9.56. The van der Waals surface area contributed by atoms with E-state index in [-0.39, 0.29) is 0 Å². The predicted molar refractivity (Wildman–Crippen MR) is 74.1 cm³/mol. The summed E-state index contributed by atoms with van der Waals surface area (Å²) < 4.78 is 0. The van der Waals surface area contributed by atoms with Gasteiger partial charge in [0.25, 0.3) is 0 Å². The number of hydrogen-bond donors (Lipinski definition) is 1. The average molecular weight is 233 g/mol. The summed E-state index contributed by atoms with van der Waals surface area (Å²) in [6, 6.07) is 7.52. The zero-order chi connectivity index (χ0) is 12.8. The second kappa shape index (κ2) is 6.45. The van der Waals surface area contributed by atoms with Gasteiger partial charge in [-0.1, -0.05) is 32.1 Å². The number of rotatable bonds is 5. The fourth-order valence-corrected chi connectivity index (χ4v) is 2.16. The van der Waals surface area contributed by atoms with E-state index in [0.717, 1.165) is 18.5 Å². The molecular formula is C15H23NO. The minimum Gasteiger partial charge on any atom is -0.508 e. The van der Waals surface area contributed by atoms with E-state index in [0.29, 0.717) is 11.7 Å². The number of phenolic OH excluding ortho intramolecular Hbond substituents is 1. The third-order valence-electron chi connectivity index (χ3n) is 2.77. The highest BCUT2D eigenvalue weighted by Gasteiger charge is 2.12. The molecule has 1 unspecified atom stereocenters. The normalized spacial score (nSPS) is 14.1. The van der Waals surface area contributed by atoms with Gasteiger partial charge in [-0.2, -0.15) is 0 Å². The number of phenols is 1. The maximum Gasteiger partial charge on any atom is 0.116 e. The number of benzene rings is 1. The van der Waals surface area contributed by atoms with Crippen LogP contribution in [0.4, 0.5) is 0 Å². The van der Waals surface area contributed by atoms with Crippen molar-refractivity contribution in [2.45, 2.75) is 20.3 Å². The van der Waals surface area contributed by atoms with Crippen LogP contribution >= 0.6 is 0 Å². The first-order valence-electron chi connectivity index (χ1n) is 6.18. The number of nitrogens with zero attached hydrogens (tertiary/aromatic N) is 1. The minimum absolute atomic E-state index is 0.335. The first kappa shape index (κ1) is 13.8. The summed E-state index contributed by atoms with van der Waals surface area (Å²) in [6.07, 6.45) is 3.27. The molecule has 0 bridgehead atoms. The summed E-state index contributed by atoms with van der Waals surface area (Å²) in [7, 11) is 4.17. The molecule has 94 valence electrons. The highest BCUT2D eigenvalue weighted by Crippen LogP contribution is 2.26. The van der Waals surface area contributed by atoms with Crippen LogP contribution in [0.2, 0.25) is 0 Å². The van der Waals surface area contributed by atoms with Crippen molar-refractivity contribution in [1.82, 2.24) is 4.90 Å². The van der Waals surface area contributed by atoms with Crippen molar-refractivity contribution in [3.05, 3.63) is 35.9 Å². The average Bonchev–Trinajstić information content (AvgIpc) is 2.24. The molecule has 0 aliphatic heterocycles. The van der Waals surface area contributed by atoms with Crippen molar-refractivity contribution in [3.63, 3.8) is 0 Å². The van der Waals surface area contributed by atoms with Crippen molar-refractivity contribution >= 4 is 5.57 Å². The second-order valence-electron chi connectivity index (χ2n) is 4.78. The lowest BCUT2D eigenvalue weighted by molar-refractivity contribution is 0.375. The summed E-state index contributed by atoms with van der Waals surface area (Å²) in [5.74, 6) is 0.799. The van der Waals surface area contributed by atoms with E-state index < -0.39 is 0 Å². The molecule has 1 N–H and O–H groups in total. The molecular weight excluding hydrogens is 210 g/mol. The standard InChI is InChI=1S/C15H23NO/c1-5-7-15(12(2)11-16(3)4)13-8-6-9-14(17)10-13/h6-10,12,17H,5,11H2,1-4H3/b15-7-. The van der Waals surface area contributed by atoms with Gasteiger partial charge in [-0.25, -0.2) is 0 Å². The third kappa shape index (κ3) is 4.23. The molecule has 0 fully saturated rings. The molecule has 0 saturated carbocycles. The fourth-order valence-electron chi connectivity index (χ4n) is 2.16. The Balaban J connectivity index is 2.97. The first-order chi connectivity index (χ1) is 8.04. The SMILES string of the molecule is CC/C=C(\c1cccc(O)c1)C(C)CN(C)C. The molecule has 0 saturated heterocycles. The molecule has 2 heteroatoms. The van der Waals surface area contributed by atoms with Gasteiger partial charge in [0.2, 0.25) is 0 Å². The fraction of sp³-hybridized carbons (Fsp3) is 0.467. The largest absolute Gasteiger partial charge is 0.508 e.